The summed E-state index contributed by atoms with van der Waals surface area (Å²) < 4.78 is 12.1. The zero-order valence-corrected chi connectivity index (χ0v) is 16.4. The van der Waals surface area contributed by atoms with Crippen molar-refractivity contribution in [2.75, 3.05) is 7.11 Å². The van der Waals surface area contributed by atoms with Crippen molar-refractivity contribution in [2.45, 2.75) is 6.61 Å². The molecule has 0 unspecified atom stereocenters. The summed E-state index contributed by atoms with van der Waals surface area (Å²) in [6.45, 7) is 0.385. The molecule has 0 fully saturated rings. The highest BCUT2D eigenvalue weighted by Crippen LogP contribution is 2.29. The van der Waals surface area contributed by atoms with Crippen LogP contribution >= 0.6 is 0 Å². The Balaban J connectivity index is 1.61. The number of fused-ring (bicyclic) bond motifs is 1. The first-order valence-corrected chi connectivity index (χ1v) is 9.20. The highest BCUT2D eigenvalue weighted by Gasteiger charge is 2.22. The number of nitrogens with one attached hydrogen (secondary N) is 1. The van der Waals surface area contributed by atoms with Crippen LogP contribution in [0, 0.1) is 10.1 Å². The van der Waals surface area contributed by atoms with Gasteiger partial charge in [0.15, 0.2) is 17.2 Å². The quantitative estimate of drug-likeness (QED) is 0.360. The Morgan fingerprint density at radius 1 is 1.16 bits per heavy atom. The van der Waals surface area contributed by atoms with Gasteiger partial charge in [0, 0.05) is 0 Å². The van der Waals surface area contributed by atoms with Gasteiger partial charge in [-0.2, -0.15) is 4.52 Å². The lowest BCUT2D eigenvalue weighted by Gasteiger charge is -2.11. The number of ether oxygens (including phenoxy) is 2. The largest absolute Gasteiger partial charge is 0.493 e. The summed E-state index contributed by atoms with van der Waals surface area (Å²) in [7, 11) is 1.52. The Kier molecular flexibility index (Phi) is 5.43. The van der Waals surface area contributed by atoms with Crippen LogP contribution in [0.2, 0.25) is 0 Å². The molecule has 1 N–H and O–H groups in total. The lowest BCUT2D eigenvalue weighted by atomic mass is 10.1. The second-order valence-corrected chi connectivity index (χ2v) is 6.45. The van der Waals surface area contributed by atoms with E-state index in [4.69, 9.17) is 9.47 Å². The van der Waals surface area contributed by atoms with Gasteiger partial charge in [-0.05, 0) is 29.3 Å². The molecule has 4 aromatic rings. The number of hydrogen-bond acceptors (Lipinski definition) is 7. The van der Waals surface area contributed by atoms with Crippen molar-refractivity contribution in [1.82, 2.24) is 19.6 Å². The van der Waals surface area contributed by atoms with E-state index in [0.29, 0.717) is 23.7 Å². The molecular weight excluding hydrogens is 402 g/mol. The van der Waals surface area contributed by atoms with Crippen LogP contribution in [0.3, 0.4) is 0 Å². The van der Waals surface area contributed by atoms with Crippen LogP contribution in [0.1, 0.15) is 16.8 Å². The molecule has 2 aromatic heterocycles. The second-order valence-electron chi connectivity index (χ2n) is 6.45. The summed E-state index contributed by atoms with van der Waals surface area (Å²) in [6, 6.07) is 15.0. The van der Waals surface area contributed by atoms with Gasteiger partial charge >= 0.3 is 11.2 Å². The van der Waals surface area contributed by atoms with Crippen molar-refractivity contribution in [1.29, 1.82) is 0 Å². The van der Waals surface area contributed by atoms with E-state index in [2.05, 4.69) is 15.1 Å². The van der Waals surface area contributed by atoms with Gasteiger partial charge in [-0.1, -0.05) is 42.5 Å². The maximum Gasteiger partial charge on any atom is 0.361 e. The molecule has 0 aliphatic carbocycles. The van der Waals surface area contributed by atoms with Crippen molar-refractivity contribution >= 4 is 23.6 Å². The minimum absolute atomic E-state index is 0.0393. The smallest absolute Gasteiger partial charge is 0.361 e. The van der Waals surface area contributed by atoms with E-state index in [0.717, 1.165) is 10.1 Å². The Morgan fingerprint density at radius 2 is 1.97 bits per heavy atom. The Bertz CT molecular complexity index is 1330. The monoisotopic (exact) mass is 419 g/mol. The molecule has 2 heterocycles. The number of H-pyrrole nitrogens is 1. The van der Waals surface area contributed by atoms with Crippen LogP contribution in [0.15, 0.2) is 59.7 Å². The van der Waals surface area contributed by atoms with E-state index in [-0.39, 0.29) is 11.5 Å². The molecule has 0 bridgehead atoms. The molecule has 0 radical (unpaired) electrons. The molecule has 0 amide bonds. The predicted octanol–water partition coefficient (Wildman–Crippen LogP) is 3.08. The number of nitro groups is 1. The minimum Gasteiger partial charge on any atom is -0.493 e. The summed E-state index contributed by atoms with van der Waals surface area (Å²) in [5.74, 6) is 1.10. The van der Waals surface area contributed by atoms with Crippen molar-refractivity contribution in [3.05, 3.63) is 92.1 Å². The zero-order chi connectivity index (χ0) is 21.8. The van der Waals surface area contributed by atoms with Gasteiger partial charge < -0.3 is 9.47 Å². The molecule has 10 heteroatoms. The maximum absolute atomic E-state index is 12.3. The van der Waals surface area contributed by atoms with Gasteiger partial charge in [0.25, 0.3) is 5.78 Å². The predicted molar refractivity (Wildman–Crippen MR) is 113 cm³/mol. The topological polar surface area (TPSA) is 125 Å². The number of rotatable bonds is 7. The number of hydrogen-bond donors (Lipinski definition) is 1. The summed E-state index contributed by atoms with van der Waals surface area (Å²) in [5.41, 5.74) is 0.127. The standard InChI is InChI=1S/C21H17N5O5/c1-30-18-11-14(8-10-17(18)31-12-15-5-3-2-4-6-15)7-9-16-19(26(28)29)20(27)25-21(24-16)22-13-23-25/h2-11,13H,12H2,1H3,(H,22,23,24). The van der Waals surface area contributed by atoms with E-state index in [1.807, 2.05) is 30.3 Å². The van der Waals surface area contributed by atoms with Gasteiger partial charge in [-0.25, -0.2) is 9.97 Å². The molecular formula is C21H17N5O5. The number of benzene rings is 2. The number of aromatic nitrogens is 4. The fourth-order valence-corrected chi connectivity index (χ4v) is 2.97. The third-order valence-corrected chi connectivity index (χ3v) is 4.48. The van der Waals surface area contributed by atoms with E-state index in [9.17, 15) is 14.9 Å². The molecule has 2 aromatic carbocycles. The SMILES string of the molecule is COc1cc(C=Cc2nc3nc[nH]n3c(=O)c2[N+](=O)[O-])ccc1OCc1ccccc1. The number of aromatic amines is 1. The normalized spacial score (nSPS) is 11.1. The van der Waals surface area contributed by atoms with Gasteiger partial charge in [0.05, 0.1) is 12.0 Å². The first-order chi connectivity index (χ1) is 15.1. The molecule has 31 heavy (non-hydrogen) atoms. The molecule has 10 nitrogen and oxygen atoms in total. The summed E-state index contributed by atoms with van der Waals surface area (Å²) in [6.07, 6.45) is 4.23. The van der Waals surface area contributed by atoms with Gasteiger partial charge in [-0.15, -0.1) is 0 Å². The average molecular weight is 419 g/mol. The van der Waals surface area contributed by atoms with E-state index in [1.54, 1.807) is 24.3 Å². The van der Waals surface area contributed by atoms with Gasteiger partial charge in [0.1, 0.15) is 12.9 Å². The van der Waals surface area contributed by atoms with Crippen molar-refractivity contribution in [3.63, 3.8) is 0 Å². The third-order valence-electron chi connectivity index (χ3n) is 4.48. The van der Waals surface area contributed by atoms with Crippen molar-refractivity contribution < 1.29 is 14.4 Å². The van der Waals surface area contributed by atoms with Crippen molar-refractivity contribution in [2.24, 2.45) is 0 Å². The Labute approximate surface area is 175 Å². The molecule has 0 atom stereocenters. The lowest BCUT2D eigenvalue weighted by molar-refractivity contribution is -0.386. The van der Waals surface area contributed by atoms with Crippen molar-refractivity contribution in [3.8, 4) is 11.5 Å². The van der Waals surface area contributed by atoms with Crippen LogP contribution in [0.25, 0.3) is 17.9 Å². The summed E-state index contributed by atoms with van der Waals surface area (Å²) in [5, 5.41) is 13.9. The molecule has 4 rings (SSSR count). The fourth-order valence-electron chi connectivity index (χ4n) is 2.97. The van der Waals surface area contributed by atoms with Crippen LogP contribution in [0.4, 0.5) is 5.69 Å². The first kappa shape index (κ1) is 19.8. The molecule has 0 aliphatic heterocycles. The minimum atomic E-state index is -0.839. The average Bonchev–Trinajstić information content (AvgIpc) is 3.26. The third kappa shape index (κ3) is 4.13. The van der Waals surface area contributed by atoms with Crippen LogP contribution in [0.5, 0.6) is 11.5 Å². The molecule has 0 saturated carbocycles. The lowest BCUT2D eigenvalue weighted by Crippen LogP contribution is -2.20. The van der Waals surface area contributed by atoms with Crippen LogP contribution < -0.4 is 15.0 Å². The molecule has 0 spiro atoms. The van der Waals surface area contributed by atoms with E-state index >= 15 is 0 Å². The summed E-state index contributed by atoms with van der Waals surface area (Å²) in [4.78, 5) is 31.0. The maximum atomic E-state index is 12.3. The Morgan fingerprint density at radius 3 is 2.71 bits per heavy atom. The second kappa shape index (κ2) is 8.49. The molecule has 0 aliphatic rings. The van der Waals surface area contributed by atoms with Crippen LogP contribution in [-0.2, 0) is 6.61 Å². The van der Waals surface area contributed by atoms with Gasteiger partial charge in [-0.3, -0.25) is 20.0 Å². The zero-order valence-electron chi connectivity index (χ0n) is 16.4. The number of nitrogens with zero attached hydrogens (tertiary/aromatic N) is 4. The molecule has 0 saturated heterocycles. The highest BCUT2D eigenvalue weighted by atomic mass is 16.6. The highest BCUT2D eigenvalue weighted by molar-refractivity contribution is 5.73. The summed E-state index contributed by atoms with van der Waals surface area (Å²) >= 11 is 0. The van der Waals surface area contributed by atoms with Crippen LogP contribution in [-0.4, -0.2) is 31.6 Å². The molecule has 156 valence electrons. The van der Waals surface area contributed by atoms with E-state index < -0.39 is 16.2 Å². The fraction of sp³-hybridized carbons (Fsp3) is 0.0952. The Hall–Kier alpha value is -4.47. The van der Waals surface area contributed by atoms with Gasteiger partial charge in [0.2, 0.25) is 0 Å². The van der Waals surface area contributed by atoms with E-state index in [1.165, 1.54) is 19.5 Å². The first-order valence-electron chi connectivity index (χ1n) is 9.20. The number of methoxy groups -OCH3 is 1.